The first kappa shape index (κ1) is 17.8. The van der Waals surface area contributed by atoms with E-state index in [-0.39, 0.29) is 24.5 Å². The van der Waals surface area contributed by atoms with Crippen LogP contribution in [0, 0.1) is 5.92 Å². The molecular formula is C20H22N2O4. The Kier molecular flexibility index (Phi) is 5.41. The zero-order valence-corrected chi connectivity index (χ0v) is 14.9. The number of hydrogen-bond acceptors (Lipinski definition) is 4. The fourth-order valence-electron chi connectivity index (χ4n) is 2.79. The second kappa shape index (κ2) is 7.91. The summed E-state index contributed by atoms with van der Waals surface area (Å²) in [7, 11) is 0. The Morgan fingerprint density at radius 2 is 1.58 bits per heavy atom. The highest BCUT2D eigenvalue weighted by molar-refractivity contribution is 6.04. The summed E-state index contributed by atoms with van der Waals surface area (Å²) in [6, 6.07) is 12.1. The molecule has 136 valence electrons. The zero-order chi connectivity index (χ0) is 18.5. The molecule has 0 radical (unpaired) electrons. The second-order valence-corrected chi connectivity index (χ2v) is 6.10. The molecule has 2 amide bonds. The molecule has 0 atom stereocenters. The molecule has 0 spiro atoms. The second-order valence-electron chi connectivity index (χ2n) is 6.10. The molecular weight excluding hydrogens is 332 g/mol. The predicted octanol–water partition coefficient (Wildman–Crippen LogP) is 4.04. The molecule has 6 heteroatoms. The van der Waals surface area contributed by atoms with Crippen LogP contribution >= 0.6 is 0 Å². The summed E-state index contributed by atoms with van der Waals surface area (Å²) in [6.07, 6.45) is 1.61. The topological polar surface area (TPSA) is 76.7 Å². The van der Waals surface area contributed by atoms with Gasteiger partial charge >= 0.3 is 0 Å². The van der Waals surface area contributed by atoms with Crippen molar-refractivity contribution < 1.29 is 19.1 Å². The molecule has 1 aliphatic heterocycles. The van der Waals surface area contributed by atoms with Crippen LogP contribution in [0.1, 0.15) is 37.0 Å². The van der Waals surface area contributed by atoms with Gasteiger partial charge in [0, 0.05) is 28.9 Å². The highest BCUT2D eigenvalue weighted by Crippen LogP contribution is 2.34. The van der Waals surface area contributed by atoms with Gasteiger partial charge in [-0.1, -0.05) is 13.8 Å². The van der Waals surface area contributed by atoms with Gasteiger partial charge in [-0.2, -0.15) is 0 Å². The maximum atomic E-state index is 12.4. The summed E-state index contributed by atoms with van der Waals surface area (Å²) in [5, 5.41) is 5.71. The van der Waals surface area contributed by atoms with E-state index >= 15 is 0 Å². The molecule has 0 bridgehead atoms. The molecule has 0 unspecified atom stereocenters. The summed E-state index contributed by atoms with van der Waals surface area (Å²) < 4.78 is 10.6. The standard InChI is InChI=1S/C20H22N2O4/c1-3-13(4-2)19(23)21-15-7-5-14(6-8-15)20(24)22-16-9-10-17-18(11-16)26-12-25-17/h5-11,13H,3-4,12H2,1-2H3,(H,21,23)(H,22,24). The number of amides is 2. The lowest BCUT2D eigenvalue weighted by molar-refractivity contribution is -0.120. The maximum Gasteiger partial charge on any atom is 0.255 e. The van der Waals surface area contributed by atoms with Crippen molar-refractivity contribution in [3.05, 3.63) is 48.0 Å². The largest absolute Gasteiger partial charge is 0.454 e. The Morgan fingerprint density at radius 3 is 2.27 bits per heavy atom. The number of hydrogen-bond donors (Lipinski definition) is 2. The molecule has 0 aliphatic carbocycles. The van der Waals surface area contributed by atoms with Gasteiger partial charge in [0.15, 0.2) is 11.5 Å². The van der Waals surface area contributed by atoms with Gasteiger partial charge in [0.1, 0.15) is 0 Å². The van der Waals surface area contributed by atoms with Gasteiger partial charge in [-0.15, -0.1) is 0 Å². The Bertz CT molecular complexity index is 798. The fraction of sp³-hybridized carbons (Fsp3) is 0.300. The number of ether oxygens (including phenoxy) is 2. The average Bonchev–Trinajstić information content (AvgIpc) is 3.11. The van der Waals surface area contributed by atoms with Crippen molar-refractivity contribution in [3.8, 4) is 11.5 Å². The van der Waals surface area contributed by atoms with Crippen LogP contribution in [0.5, 0.6) is 11.5 Å². The van der Waals surface area contributed by atoms with E-state index in [0.717, 1.165) is 12.8 Å². The molecule has 2 aromatic carbocycles. The first-order chi connectivity index (χ1) is 12.6. The van der Waals surface area contributed by atoms with Crippen molar-refractivity contribution >= 4 is 23.2 Å². The molecule has 26 heavy (non-hydrogen) atoms. The minimum atomic E-state index is -0.235. The quantitative estimate of drug-likeness (QED) is 0.821. The van der Waals surface area contributed by atoms with Crippen molar-refractivity contribution in [1.29, 1.82) is 0 Å². The number of carbonyl (C=O) groups excluding carboxylic acids is 2. The maximum absolute atomic E-state index is 12.4. The summed E-state index contributed by atoms with van der Waals surface area (Å²) in [5.41, 5.74) is 1.81. The third kappa shape index (κ3) is 3.96. The van der Waals surface area contributed by atoms with Crippen molar-refractivity contribution in [3.63, 3.8) is 0 Å². The van der Waals surface area contributed by atoms with Crippen molar-refractivity contribution in [2.75, 3.05) is 17.4 Å². The normalized spacial score (nSPS) is 12.1. The van der Waals surface area contributed by atoms with Gasteiger partial charge in [0.25, 0.3) is 5.91 Å². The summed E-state index contributed by atoms with van der Waals surface area (Å²) >= 11 is 0. The van der Waals surface area contributed by atoms with Crippen LogP contribution in [-0.4, -0.2) is 18.6 Å². The van der Waals surface area contributed by atoms with Gasteiger partial charge in [0.2, 0.25) is 12.7 Å². The molecule has 1 heterocycles. The summed E-state index contributed by atoms with van der Waals surface area (Å²) in [6.45, 7) is 4.19. The Morgan fingerprint density at radius 1 is 0.923 bits per heavy atom. The predicted molar refractivity (Wildman–Crippen MR) is 99.7 cm³/mol. The summed E-state index contributed by atoms with van der Waals surface area (Å²) in [4.78, 5) is 24.5. The van der Waals surface area contributed by atoms with E-state index in [4.69, 9.17) is 9.47 Å². The minimum Gasteiger partial charge on any atom is -0.454 e. The molecule has 6 nitrogen and oxygen atoms in total. The van der Waals surface area contributed by atoms with E-state index < -0.39 is 0 Å². The van der Waals surface area contributed by atoms with E-state index in [1.54, 1.807) is 42.5 Å². The zero-order valence-electron chi connectivity index (χ0n) is 14.9. The van der Waals surface area contributed by atoms with Crippen LogP contribution in [-0.2, 0) is 4.79 Å². The Hall–Kier alpha value is -3.02. The fourth-order valence-corrected chi connectivity index (χ4v) is 2.79. The SMILES string of the molecule is CCC(CC)C(=O)Nc1ccc(C(=O)Nc2ccc3c(c2)OCO3)cc1. The number of anilines is 2. The van der Waals surface area contributed by atoms with Crippen LogP contribution in [0.2, 0.25) is 0 Å². The van der Waals surface area contributed by atoms with Crippen molar-refractivity contribution in [1.82, 2.24) is 0 Å². The Labute approximate surface area is 152 Å². The molecule has 0 aromatic heterocycles. The number of rotatable bonds is 6. The van der Waals surface area contributed by atoms with E-state index in [9.17, 15) is 9.59 Å². The number of carbonyl (C=O) groups is 2. The van der Waals surface area contributed by atoms with Gasteiger partial charge < -0.3 is 20.1 Å². The van der Waals surface area contributed by atoms with Crippen molar-refractivity contribution in [2.24, 2.45) is 5.92 Å². The number of benzene rings is 2. The van der Waals surface area contributed by atoms with Crippen molar-refractivity contribution in [2.45, 2.75) is 26.7 Å². The minimum absolute atomic E-state index is 0.00369. The third-order valence-corrected chi connectivity index (χ3v) is 4.40. The lowest BCUT2D eigenvalue weighted by Gasteiger charge is -2.13. The van der Waals surface area contributed by atoms with Crippen LogP contribution in [0.25, 0.3) is 0 Å². The number of fused-ring (bicyclic) bond motifs is 1. The molecule has 3 rings (SSSR count). The monoisotopic (exact) mass is 354 g/mol. The van der Waals surface area contributed by atoms with E-state index in [2.05, 4.69) is 10.6 Å². The highest BCUT2D eigenvalue weighted by Gasteiger charge is 2.16. The summed E-state index contributed by atoms with van der Waals surface area (Å²) in [5.74, 6) is 1.06. The van der Waals surface area contributed by atoms with E-state index in [0.29, 0.717) is 28.4 Å². The van der Waals surface area contributed by atoms with Gasteiger partial charge in [-0.25, -0.2) is 0 Å². The Balaban J connectivity index is 1.63. The van der Waals surface area contributed by atoms with Crippen LogP contribution in [0.3, 0.4) is 0 Å². The average molecular weight is 354 g/mol. The molecule has 0 fully saturated rings. The van der Waals surface area contributed by atoms with Gasteiger partial charge in [-0.05, 0) is 49.2 Å². The van der Waals surface area contributed by atoms with E-state index in [1.807, 2.05) is 13.8 Å². The highest BCUT2D eigenvalue weighted by atomic mass is 16.7. The van der Waals surface area contributed by atoms with Gasteiger partial charge in [0.05, 0.1) is 0 Å². The lowest BCUT2D eigenvalue weighted by atomic mass is 10.0. The third-order valence-electron chi connectivity index (χ3n) is 4.40. The molecule has 0 saturated carbocycles. The van der Waals surface area contributed by atoms with Gasteiger partial charge in [-0.3, -0.25) is 9.59 Å². The van der Waals surface area contributed by atoms with Crippen LogP contribution < -0.4 is 20.1 Å². The van der Waals surface area contributed by atoms with E-state index in [1.165, 1.54) is 0 Å². The molecule has 1 aliphatic rings. The van der Waals surface area contributed by atoms with Crippen LogP contribution in [0.15, 0.2) is 42.5 Å². The van der Waals surface area contributed by atoms with Crippen LogP contribution in [0.4, 0.5) is 11.4 Å². The molecule has 2 aromatic rings. The first-order valence-electron chi connectivity index (χ1n) is 8.72. The number of nitrogens with one attached hydrogen (secondary N) is 2. The molecule has 2 N–H and O–H groups in total. The first-order valence-corrected chi connectivity index (χ1v) is 8.72. The molecule has 0 saturated heterocycles. The smallest absolute Gasteiger partial charge is 0.255 e. The lowest BCUT2D eigenvalue weighted by Crippen LogP contribution is -2.21.